The Balaban J connectivity index is 2.71. The molecule has 0 aromatic heterocycles. The Bertz CT molecular complexity index is 352. The van der Waals surface area contributed by atoms with E-state index in [-0.39, 0.29) is 17.5 Å². The number of ether oxygens (including phenoxy) is 1. The average Bonchev–Trinajstić information content (AvgIpc) is 2.18. The summed E-state index contributed by atoms with van der Waals surface area (Å²) in [6.07, 6.45) is 2.87. The zero-order chi connectivity index (χ0) is 11.3. The quantitative estimate of drug-likeness (QED) is 0.449. The van der Waals surface area contributed by atoms with E-state index >= 15 is 0 Å². The third kappa shape index (κ3) is 3.55. The highest BCUT2D eigenvalue weighted by Gasteiger charge is 2.06. The molecule has 4 heteroatoms. The van der Waals surface area contributed by atoms with Crippen LogP contribution in [0.25, 0.3) is 0 Å². The highest BCUT2D eigenvalue weighted by molar-refractivity contribution is 7.98. The lowest BCUT2D eigenvalue weighted by Gasteiger charge is -2.05. The van der Waals surface area contributed by atoms with Crippen molar-refractivity contribution >= 4 is 17.7 Å². The lowest BCUT2D eigenvalue weighted by atomic mass is 10.3. The van der Waals surface area contributed by atoms with Gasteiger partial charge in [0.15, 0.2) is 0 Å². The Morgan fingerprint density at radius 1 is 1.53 bits per heavy atom. The summed E-state index contributed by atoms with van der Waals surface area (Å²) in [7, 11) is 0. The molecule has 0 unspecified atom stereocenters. The number of thioether (sulfide) groups is 1. The third-order valence-electron chi connectivity index (χ3n) is 1.81. The number of benzene rings is 1. The van der Waals surface area contributed by atoms with Gasteiger partial charge in [-0.1, -0.05) is 6.92 Å². The fraction of sp³-hybridized carbons (Fsp3) is 0.364. The molecule has 0 aliphatic heterocycles. The number of hydrogen-bond donors (Lipinski definition) is 0. The fourth-order valence-corrected chi connectivity index (χ4v) is 1.56. The molecule has 0 aliphatic rings. The minimum absolute atomic E-state index is 0.267. The van der Waals surface area contributed by atoms with Crippen LogP contribution < -0.4 is 4.74 Å². The van der Waals surface area contributed by atoms with E-state index in [1.54, 1.807) is 18.4 Å². The first-order valence-corrected chi connectivity index (χ1v) is 5.94. The Morgan fingerprint density at radius 3 is 2.80 bits per heavy atom. The number of hydrogen-bond acceptors (Lipinski definition) is 3. The molecule has 0 atom stereocenters. The molecule has 0 aliphatic carbocycles. The highest BCUT2D eigenvalue weighted by atomic mass is 32.2. The molecule has 1 aromatic carbocycles. The van der Waals surface area contributed by atoms with Crippen molar-refractivity contribution in [1.82, 2.24) is 0 Å². The van der Waals surface area contributed by atoms with Crippen molar-refractivity contribution in [3.8, 4) is 5.75 Å². The molecule has 0 bridgehead atoms. The molecule has 0 spiro atoms. The van der Waals surface area contributed by atoms with Crippen LogP contribution in [0.15, 0.2) is 23.1 Å². The summed E-state index contributed by atoms with van der Waals surface area (Å²) in [6, 6.07) is 4.44. The van der Waals surface area contributed by atoms with E-state index in [1.165, 1.54) is 17.8 Å². The van der Waals surface area contributed by atoms with Gasteiger partial charge in [0.2, 0.25) is 0 Å². The maximum absolute atomic E-state index is 13.3. The van der Waals surface area contributed by atoms with E-state index in [9.17, 15) is 9.18 Å². The topological polar surface area (TPSA) is 26.3 Å². The molecule has 0 heterocycles. The number of halogens is 1. The van der Waals surface area contributed by atoms with Crippen LogP contribution in [0.4, 0.5) is 4.39 Å². The van der Waals surface area contributed by atoms with E-state index in [1.807, 2.05) is 6.92 Å². The second-order valence-corrected chi connectivity index (χ2v) is 3.87. The molecule has 82 valence electrons. The minimum atomic E-state index is -0.357. The molecule has 15 heavy (non-hydrogen) atoms. The predicted molar refractivity (Wildman–Crippen MR) is 58.7 cm³/mol. The van der Waals surface area contributed by atoms with Crippen molar-refractivity contribution in [1.29, 1.82) is 0 Å². The first kappa shape index (κ1) is 12.0. The van der Waals surface area contributed by atoms with Crippen molar-refractivity contribution < 1.29 is 13.9 Å². The monoisotopic (exact) mass is 228 g/mol. The van der Waals surface area contributed by atoms with Crippen LogP contribution in [0.5, 0.6) is 5.75 Å². The van der Waals surface area contributed by atoms with E-state index in [2.05, 4.69) is 0 Å². The second kappa shape index (κ2) is 5.75. The normalized spacial score (nSPS) is 10.1. The van der Waals surface area contributed by atoms with Crippen molar-refractivity contribution in [3.63, 3.8) is 0 Å². The molecule has 0 saturated carbocycles. The highest BCUT2D eigenvalue weighted by Crippen LogP contribution is 2.23. The van der Waals surface area contributed by atoms with Gasteiger partial charge < -0.3 is 4.74 Å². The summed E-state index contributed by atoms with van der Waals surface area (Å²) in [5.41, 5.74) is 0. The number of carbonyl (C=O) groups excluding carboxylic acids is 1. The maximum Gasteiger partial charge on any atom is 0.311 e. The third-order valence-corrected chi connectivity index (χ3v) is 2.58. The van der Waals surface area contributed by atoms with E-state index in [0.717, 1.165) is 6.42 Å². The Morgan fingerprint density at radius 2 is 2.27 bits per heavy atom. The molecule has 1 rings (SSSR count). The summed E-state index contributed by atoms with van der Waals surface area (Å²) in [5.74, 6) is -0.415. The lowest BCUT2D eigenvalue weighted by molar-refractivity contribution is -0.134. The molecular weight excluding hydrogens is 215 g/mol. The minimum Gasteiger partial charge on any atom is -0.426 e. The first-order valence-electron chi connectivity index (χ1n) is 4.71. The number of carbonyl (C=O) groups is 1. The summed E-state index contributed by atoms with van der Waals surface area (Å²) in [6.45, 7) is 1.89. The lowest BCUT2D eigenvalue weighted by Crippen LogP contribution is -2.06. The van der Waals surface area contributed by atoms with Gasteiger partial charge in [0.1, 0.15) is 11.6 Å². The van der Waals surface area contributed by atoms with Crippen molar-refractivity contribution in [3.05, 3.63) is 24.0 Å². The Hall–Kier alpha value is -1.03. The van der Waals surface area contributed by atoms with Gasteiger partial charge in [-0.15, -0.1) is 11.8 Å². The SMILES string of the molecule is CCCC(=O)Oc1ccc(SC)c(F)c1. The van der Waals surface area contributed by atoms with E-state index in [0.29, 0.717) is 11.3 Å². The van der Waals surface area contributed by atoms with Gasteiger partial charge in [-0.25, -0.2) is 4.39 Å². The van der Waals surface area contributed by atoms with Crippen molar-refractivity contribution in [2.24, 2.45) is 0 Å². The van der Waals surface area contributed by atoms with Gasteiger partial charge in [-0.3, -0.25) is 4.79 Å². The molecular formula is C11H13FO2S. The molecule has 0 radical (unpaired) electrons. The van der Waals surface area contributed by atoms with Crippen LogP contribution in [0.1, 0.15) is 19.8 Å². The maximum atomic E-state index is 13.3. The zero-order valence-electron chi connectivity index (χ0n) is 8.75. The van der Waals surface area contributed by atoms with Crippen molar-refractivity contribution in [2.75, 3.05) is 6.26 Å². The van der Waals surface area contributed by atoms with Crippen LogP contribution >= 0.6 is 11.8 Å². The molecule has 2 nitrogen and oxygen atoms in total. The van der Waals surface area contributed by atoms with Crippen LogP contribution in [0.2, 0.25) is 0 Å². The van der Waals surface area contributed by atoms with Gasteiger partial charge >= 0.3 is 5.97 Å². The molecule has 1 aromatic rings. The average molecular weight is 228 g/mol. The summed E-state index contributed by atoms with van der Waals surface area (Å²) < 4.78 is 18.2. The fourth-order valence-electron chi connectivity index (χ4n) is 1.10. The summed E-state index contributed by atoms with van der Waals surface area (Å²) in [4.78, 5) is 11.7. The smallest absolute Gasteiger partial charge is 0.311 e. The number of esters is 1. The molecule has 0 amide bonds. The molecule has 0 saturated heterocycles. The van der Waals surface area contributed by atoms with Gasteiger partial charge in [0.05, 0.1) is 0 Å². The van der Waals surface area contributed by atoms with Crippen LogP contribution in [-0.4, -0.2) is 12.2 Å². The second-order valence-electron chi connectivity index (χ2n) is 3.02. The van der Waals surface area contributed by atoms with Crippen LogP contribution in [0.3, 0.4) is 0 Å². The number of rotatable bonds is 4. The largest absolute Gasteiger partial charge is 0.426 e. The van der Waals surface area contributed by atoms with E-state index < -0.39 is 0 Å². The van der Waals surface area contributed by atoms with Gasteiger partial charge in [-0.2, -0.15) is 0 Å². The molecule has 0 fully saturated rings. The van der Waals surface area contributed by atoms with Gasteiger partial charge in [0, 0.05) is 17.4 Å². The summed E-state index contributed by atoms with van der Waals surface area (Å²) >= 11 is 1.32. The molecule has 0 N–H and O–H groups in total. The van der Waals surface area contributed by atoms with Crippen LogP contribution in [0, 0.1) is 5.82 Å². The Labute approximate surface area is 92.8 Å². The standard InChI is InChI=1S/C11H13FO2S/c1-3-4-11(13)14-8-5-6-10(15-2)9(12)7-8/h5-7H,3-4H2,1-2H3. The first-order chi connectivity index (χ1) is 7.17. The Kier molecular flexibility index (Phi) is 4.62. The predicted octanol–water partition coefficient (Wildman–Crippen LogP) is 3.25. The van der Waals surface area contributed by atoms with Gasteiger partial charge in [-0.05, 0) is 24.8 Å². The van der Waals surface area contributed by atoms with Crippen LogP contribution in [-0.2, 0) is 4.79 Å². The van der Waals surface area contributed by atoms with E-state index in [4.69, 9.17) is 4.74 Å². The summed E-state index contributed by atoms with van der Waals surface area (Å²) in [5, 5.41) is 0. The van der Waals surface area contributed by atoms with Crippen molar-refractivity contribution in [2.45, 2.75) is 24.7 Å². The zero-order valence-corrected chi connectivity index (χ0v) is 9.57. The van der Waals surface area contributed by atoms with Gasteiger partial charge in [0.25, 0.3) is 0 Å².